The van der Waals surface area contributed by atoms with Gasteiger partial charge in [-0.1, -0.05) is 0 Å². The third kappa shape index (κ3) is 2.30. The van der Waals surface area contributed by atoms with E-state index in [1.165, 1.54) is 11.2 Å². The summed E-state index contributed by atoms with van der Waals surface area (Å²) in [4.78, 5) is 9.19. The van der Waals surface area contributed by atoms with E-state index in [1.54, 1.807) is 17.5 Å². The molecule has 0 spiro atoms. The molecule has 1 N–H and O–H groups in total. The van der Waals surface area contributed by atoms with Gasteiger partial charge >= 0.3 is 0 Å². The number of hydrogen-bond donors (Lipinski definition) is 1. The Morgan fingerprint density at radius 1 is 1.43 bits per heavy atom. The van der Waals surface area contributed by atoms with Crippen molar-refractivity contribution in [1.82, 2.24) is 9.97 Å². The molecule has 0 unspecified atom stereocenters. The highest BCUT2D eigenvalue weighted by Gasteiger charge is 2.00. The predicted molar refractivity (Wildman–Crippen MR) is 61.4 cm³/mol. The predicted octanol–water partition coefficient (Wildman–Crippen LogP) is 2.91. The van der Waals surface area contributed by atoms with E-state index in [4.69, 9.17) is 0 Å². The van der Waals surface area contributed by atoms with Crippen LogP contribution in [0.3, 0.4) is 0 Å². The maximum atomic E-state index is 4.07. The molecule has 2 aromatic rings. The SMILES string of the molecule is Brc1ccsc1CNc1ccncn1. The molecule has 2 heterocycles. The van der Waals surface area contributed by atoms with Gasteiger partial charge in [0.25, 0.3) is 0 Å². The fourth-order valence-electron chi connectivity index (χ4n) is 1.02. The second-order valence-corrected chi connectivity index (χ2v) is 4.49. The van der Waals surface area contributed by atoms with Gasteiger partial charge in [0.15, 0.2) is 0 Å². The summed E-state index contributed by atoms with van der Waals surface area (Å²) in [5.41, 5.74) is 0. The van der Waals surface area contributed by atoms with Crippen LogP contribution in [0.1, 0.15) is 4.88 Å². The molecule has 0 saturated heterocycles. The molecule has 2 aromatic heterocycles. The van der Waals surface area contributed by atoms with E-state index < -0.39 is 0 Å². The minimum atomic E-state index is 0.787. The summed E-state index contributed by atoms with van der Waals surface area (Å²) < 4.78 is 1.14. The van der Waals surface area contributed by atoms with E-state index in [9.17, 15) is 0 Å². The van der Waals surface area contributed by atoms with Crippen LogP contribution >= 0.6 is 27.3 Å². The first-order chi connectivity index (χ1) is 6.86. The summed E-state index contributed by atoms with van der Waals surface area (Å²) >= 11 is 5.19. The van der Waals surface area contributed by atoms with Gasteiger partial charge in [0.05, 0.1) is 6.54 Å². The molecule has 72 valence electrons. The van der Waals surface area contributed by atoms with Gasteiger partial charge in [-0.2, -0.15) is 0 Å². The van der Waals surface area contributed by atoms with Crippen molar-refractivity contribution in [2.45, 2.75) is 6.54 Å². The Labute approximate surface area is 94.4 Å². The maximum absolute atomic E-state index is 4.07. The minimum Gasteiger partial charge on any atom is -0.365 e. The fourth-order valence-corrected chi connectivity index (χ4v) is 2.45. The van der Waals surface area contributed by atoms with E-state index in [-0.39, 0.29) is 0 Å². The van der Waals surface area contributed by atoms with Crippen molar-refractivity contribution in [2.75, 3.05) is 5.32 Å². The zero-order valence-electron chi connectivity index (χ0n) is 7.27. The van der Waals surface area contributed by atoms with Gasteiger partial charge in [-0.25, -0.2) is 9.97 Å². The summed E-state index contributed by atoms with van der Waals surface area (Å²) in [5.74, 6) is 0.848. The lowest BCUT2D eigenvalue weighted by Crippen LogP contribution is -1.99. The lowest BCUT2D eigenvalue weighted by Gasteiger charge is -2.02. The topological polar surface area (TPSA) is 37.8 Å². The van der Waals surface area contributed by atoms with Crippen LogP contribution in [0.5, 0.6) is 0 Å². The second-order valence-electron chi connectivity index (χ2n) is 2.64. The second kappa shape index (κ2) is 4.52. The Bertz CT molecular complexity index is 401. The van der Waals surface area contributed by atoms with Crippen molar-refractivity contribution in [3.8, 4) is 0 Å². The van der Waals surface area contributed by atoms with Gasteiger partial charge in [-0.3, -0.25) is 0 Å². The van der Waals surface area contributed by atoms with Crippen molar-refractivity contribution >= 4 is 33.1 Å². The zero-order valence-corrected chi connectivity index (χ0v) is 9.68. The van der Waals surface area contributed by atoms with E-state index in [2.05, 4.69) is 36.6 Å². The van der Waals surface area contributed by atoms with Crippen molar-refractivity contribution < 1.29 is 0 Å². The Kier molecular flexibility index (Phi) is 3.10. The molecule has 0 fully saturated rings. The van der Waals surface area contributed by atoms with Crippen LogP contribution in [0.2, 0.25) is 0 Å². The quantitative estimate of drug-likeness (QED) is 0.931. The molecule has 0 bridgehead atoms. The Morgan fingerprint density at radius 3 is 3.00 bits per heavy atom. The number of nitrogens with zero attached hydrogens (tertiary/aromatic N) is 2. The molecule has 0 atom stereocenters. The summed E-state index contributed by atoms with van der Waals surface area (Å²) in [5, 5.41) is 5.27. The first kappa shape index (κ1) is 9.61. The lowest BCUT2D eigenvalue weighted by molar-refractivity contribution is 1.09. The molecular weight excluding hydrogens is 262 g/mol. The molecule has 0 aliphatic heterocycles. The van der Waals surface area contributed by atoms with Crippen LogP contribution in [-0.4, -0.2) is 9.97 Å². The summed E-state index contributed by atoms with van der Waals surface area (Å²) in [7, 11) is 0. The summed E-state index contributed by atoms with van der Waals surface area (Å²) in [6, 6.07) is 3.89. The van der Waals surface area contributed by atoms with Crippen molar-refractivity contribution in [3.63, 3.8) is 0 Å². The number of hydrogen-bond acceptors (Lipinski definition) is 4. The van der Waals surface area contributed by atoms with Crippen molar-refractivity contribution in [1.29, 1.82) is 0 Å². The summed E-state index contributed by atoms with van der Waals surface area (Å²) in [6.45, 7) is 0.787. The third-order valence-corrected chi connectivity index (χ3v) is 3.63. The average Bonchev–Trinajstić information content (AvgIpc) is 2.63. The van der Waals surface area contributed by atoms with Crippen LogP contribution in [0.15, 0.2) is 34.5 Å². The van der Waals surface area contributed by atoms with E-state index in [0.29, 0.717) is 0 Å². The zero-order chi connectivity index (χ0) is 9.80. The van der Waals surface area contributed by atoms with Gasteiger partial charge < -0.3 is 5.32 Å². The maximum Gasteiger partial charge on any atom is 0.129 e. The van der Waals surface area contributed by atoms with E-state index in [1.807, 2.05) is 12.1 Å². The largest absolute Gasteiger partial charge is 0.365 e. The number of aromatic nitrogens is 2. The van der Waals surface area contributed by atoms with Crippen molar-refractivity contribution in [3.05, 3.63) is 39.4 Å². The standard InChI is InChI=1S/C9H8BrN3S/c10-7-2-4-14-8(7)5-12-9-1-3-11-6-13-9/h1-4,6H,5H2,(H,11,12,13). The number of halogens is 1. The molecule has 2 rings (SSSR count). The Morgan fingerprint density at radius 2 is 2.36 bits per heavy atom. The van der Waals surface area contributed by atoms with Gasteiger partial charge in [0.2, 0.25) is 0 Å². The molecule has 0 aliphatic carbocycles. The van der Waals surface area contributed by atoms with Gasteiger partial charge in [-0.05, 0) is 33.4 Å². The highest BCUT2D eigenvalue weighted by atomic mass is 79.9. The van der Waals surface area contributed by atoms with Gasteiger partial charge in [0, 0.05) is 15.5 Å². The number of nitrogens with one attached hydrogen (secondary N) is 1. The lowest BCUT2D eigenvalue weighted by atomic mass is 10.4. The number of anilines is 1. The van der Waals surface area contributed by atoms with Gasteiger partial charge in [-0.15, -0.1) is 11.3 Å². The van der Waals surface area contributed by atoms with Crippen LogP contribution in [0, 0.1) is 0 Å². The molecule has 0 amide bonds. The highest BCUT2D eigenvalue weighted by molar-refractivity contribution is 9.10. The minimum absolute atomic E-state index is 0.787. The molecule has 0 radical (unpaired) electrons. The number of thiophene rings is 1. The van der Waals surface area contributed by atoms with E-state index in [0.717, 1.165) is 16.8 Å². The molecule has 5 heteroatoms. The Hall–Kier alpha value is -0.940. The monoisotopic (exact) mass is 269 g/mol. The van der Waals surface area contributed by atoms with Crippen molar-refractivity contribution in [2.24, 2.45) is 0 Å². The molecular formula is C9H8BrN3S. The highest BCUT2D eigenvalue weighted by Crippen LogP contribution is 2.23. The average molecular weight is 270 g/mol. The first-order valence-corrected chi connectivity index (χ1v) is 5.75. The Balaban J connectivity index is 1.99. The third-order valence-electron chi connectivity index (χ3n) is 1.70. The fraction of sp³-hybridized carbons (Fsp3) is 0.111. The van der Waals surface area contributed by atoms with Gasteiger partial charge in [0.1, 0.15) is 12.1 Å². The van der Waals surface area contributed by atoms with E-state index >= 15 is 0 Å². The first-order valence-electron chi connectivity index (χ1n) is 4.08. The molecule has 3 nitrogen and oxygen atoms in total. The molecule has 0 aromatic carbocycles. The van der Waals surface area contributed by atoms with Crippen LogP contribution in [-0.2, 0) is 6.54 Å². The smallest absolute Gasteiger partial charge is 0.129 e. The molecule has 14 heavy (non-hydrogen) atoms. The normalized spacial score (nSPS) is 10.1. The van der Waals surface area contributed by atoms with Crippen LogP contribution < -0.4 is 5.32 Å². The number of rotatable bonds is 3. The molecule has 0 saturated carbocycles. The molecule has 0 aliphatic rings. The summed E-state index contributed by atoms with van der Waals surface area (Å²) in [6.07, 6.45) is 3.25. The van der Waals surface area contributed by atoms with Crippen LogP contribution in [0.25, 0.3) is 0 Å². The van der Waals surface area contributed by atoms with Crippen LogP contribution in [0.4, 0.5) is 5.82 Å².